The zero-order valence-electron chi connectivity index (χ0n) is 15.5. The molecule has 2 N–H and O–H groups in total. The molecule has 142 valence electrons. The number of amides is 1. The Morgan fingerprint density at radius 3 is 2.63 bits per heavy atom. The Labute approximate surface area is 157 Å². The third-order valence-electron chi connectivity index (χ3n) is 3.75. The van der Waals surface area contributed by atoms with Crippen molar-refractivity contribution in [2.75, 3.05) is 13.7 Å². The Morgan fingerprint density at radius 1 is 1.19 bits per heavy atom. The van der Waals surface area contributed by atoms with E-state index < -0.39 is 11.9 Å². The van der Waals surface area contributed by atoms with Crippen molar-refractivity contribution in [2.45, 2.75) is 20.3 Å². The van der Waals surface area contributed by atoms with Gasteiger partial charge < -0.3 is 14.6 Å². The van der Waals surface area contributed by atoms with Gasteiger partial charge in [0.25, 0.3) is 5.91 Å². The lowest BCUT2D eigenvalue weighted by atomic mass is 10.0. The fraction of sp³-hybridized carbons (Fsp3) is 0.250. The quantitative estimate of drug-likeness (QED) is 0.550. The zero-order valence-corrected chi connectivity index (χ0v) is 15.5. The van der Waals surface area contributed by atoms with Crippen LogP contribution in [0, 0.1) is 6.92 Å². The van der Waals surface area contributed by atoms with Gasteiger partial charge in [0.2, 0.25) is 0 Å². The second-order valence-corrected chi connectivity index (χ2v) is 5.93. The first-order valence-electron chi connectivity index (χ1n) is 8.30. The van der Waals surface area contributed by atoms with Crippen molar-refractivity contribution in [3.8, 4) is 11.5 Å². The highest BCUT2D eigenvalue weighted by atomic mass is 16.5. The van der Waals surface area contributed by atoms with E-state index in [1.54, 1.807) is 31.2 Å². The molecule has 1 amide bonds. The van der Waals surface area contributed by atoms with E-state index in [4.69, 9.17) is 14.6 Å². The number of hydrogen-bond acceptors (Lipinski definition) is 5. The summed E-state index contributed by atoms with van der Waals surface area (Å²) in [6.07, 6.45) is -0.166. The first-order valence-corrected chi connectivity index (χ1v) is 8.30. The summed E-state index contributed by atoms with van der Waals surface area (Å²) in [6.45, 7) is 3.50. The first-order chi connectivity index (χ1) is 12.9. The van der Waals surface area contributed by atoms with Crippen LogP contribution < -0.4 is 14.9 Å². The summed E-state index contributed by atoms with van der Waals surface area (Å²) in [6, 6.07) is 12.5. The third-order valence-corrected chi connectivity index (χ3v) is 3.75. The van der Waals surface area contributed by atoms with Crippen LogP contribution in [0.4, 0.5) is 0 Å². The number of carbonyl (C=O) groups is 2. The fourth-order valence-corrected chi connectivity index (χ4v) is 2.40. The Balaban J connectivity index is 1.99. The monoisotopic (exact) mass is 370 g/mol. The molecule has 0 unspecified atom stereocenters. The van der Waals surface area contributed by atoms with E-state index in [-0.39, 0.29) is 13.0 Å². The number of nitrogens with zero attached hydrogens (tertiary/aromatic N) is 1. The lowest BCUT2D eigenvalue weighted by Gasteiger charge is -2.10. The van der Waals surface area contributed by atoms with Gasteiger partial charge in [-0.25, -0.2) is 5.43 Å². The van der Waals surface area contributed by atoms with Crippen LogP contribution in [0.5, 0.6) is 11.5 Å². The van der Waals surface area contributed by atoms with E-state index in [1.807, 2.05) is 25.1 Å². The molecule has 2 aromatic carbocycles. The summed E-state index contributed by atoms with van der Waals surface area (Å²) >= 11 is 0. The number of hydrogen-bond donors (Lipinski definition) is 2. The summed E-state index contributed by atoms with van der Waals surface area (Å²) in [5, 5.41) is 13.1. The highest BCUT2D eigenvalue weighted by Crippen LogP contribution is 2.21. The van der Waals surface area contributed by atoms with E-state index in [1.165, 1.54) is 7.11 Å². The average molecular weight is 370 g/mol. The number of hydrazone groups is 1. The number of carboxylic acid groups (broad SMARTS) is 1. The lowest BCUT2D eigenvalue weighted by molar-refractivity contribution is -0.136. The second kappa shape index (κ2) is 9.38. The van der Waals surface area contributed by atoms with Crippen LogP contribution in [0.1, 0.15) is 23.6 Å². The summed E-state index contributed by atoms with van der Waals surface area (Å²) in [5.41, 5.74) is 5.23. The number of aryl methyl sites for hydroxylation is 1. The van der Waals surface area contributed by atoms with Crippen molar-refractivity contribution in [2.24, 2.45) is 5.10 Å². The number of nitrogens with one attached hydrogen (secondary N) is 1. The van der Waals surface area contributed by atoms with E-state index in [0.717, 1.165) is 5.56 Å². The van der Waals surface area contributed by atoms with Gasteiger partial charge in [-0.1, -0.05) is 12.1 Å². The van der Waals surface area contributed by atoms with E-state index in [0.29, 0.717) is 28.3 Å². The Hall–Kier alpha value is -3.35. The normalized spacial score (nSPS) is 11.0. The molecule has 27 heavy (non-hydrogen) atoms. The molecule has 2 aromatic rings. The highest BCUT2D eigenvalue weighted by molar-refractivity contribution is 5.99. The van der Waals surface area contributed by atoms with E-state index in [2.05, 4.69) is 10.5 Å². The molecular weight excluding hydrogens is 348 g/mol. The third kappa shape index (κ3) is 6.14. The number of carbonyl (C=O) groups excluding carboxylic acids is 1. The van der Waals surface area contributed by atoms with Gasteiger partial charge in [0.1, 0.15) is 11.5 Å². The molecule has 2 rings (SSSR count). The summed E-state index contributed by atoms with van der Waals surface area (Å²) in [5.74, 6) is -0.249. The van der Waals surface area contributed by atoms with Gasteiger partial charge in [-0.3, -0.25) is 9.59 Å². The smallest absolute Gasteiger partial charge is 0.307 e. The Morgan fingerprint density at radius 2 is 1.96 bits per heavy atom. The minimum absolute atomic E-state index is 0.160. The van der Waals surface area contributed by atoms with Gasteiger partial charge in [-0.2, -0.15) is 5.10 Å². The molecule has 0 saturated heterocycles. The van der Waals surface area contributed by atoms with Gasteiger partial charge in [0.15, 0.2) is 6.61 Å². The zero-order chi connectivity index (χ0) is 19.8. The molecule has 7 nitrogen and oxygen atoms in total. The molecule has 7 heteroatoms. The predicted molar refractivity (Wildman–Crippen MR) is 101 cm³/mol. The highest BCUT2D eigenvalue weighted by Gasteiger charge is 2.10. The first kappa shape index (κ1) is 20.0. The van der Waals surface area contributed by atoms with E-state index in [9.17, 15) is 9.59 Å². The predicted octanol–water partition coefficient (Wildman–Crippen LogP) is 2.55. The van der Waals surface area contributed by atoms with Crippen molar-refractivity contribution < 1.29 is 24.2 Å². The SMILES string of the molecule is COc1ccc(/C(C)=N\NC(=O)COc2cccc(C)c2)cc1CC(=O)O. The van der Waals surface area contributed by atoms with Crippen LogP contribution in [0.2, 0.25) is 0 Å². The molecule has 0 saturated carbocycles. The largest absolute Gasteiger partial charge is 0.496 e. The standard InChI is InChI=1S/C20H22N2O5/c1-13-5-4-6-17(9-13)27-12-19(23)22-21-14(2)15-7-8-18(26-3)16(10-15)11-20(24)25/h4-10H,11-12H2,1-3H3,(H,22,23)(H,24,25)/b21-14-. The van der Waals surface area contributed by atoms with Crippen molar-refractivity contribution >= 4 is 17.6 Å². The molecule has 0 aliphatic rings. The van der Waals surface area contributed by atoms with Crippen molar-refractivity contribution in [1.82, 2.24) is 5.43 Å². The molecule has 0 atom stereocenters. The molecular formula is C20H22N2O5. The van der Waals surface area contributed by atoms with Crippen LogP contribution in [-0.2, 0) is 16.0 Å². The van der Waals surface area contributed by atoms with Crippen LogP contribution in [-0.4, -0.2) is 36.4 Å². The molecule has 0 spiro atoms. The molecule has 0 heterocycles. The maximum atomic E-state index is 11.9. The average Bonchev–Trinajstić information content (AvgIpc) is 2.64. The van der Waals surface area contributed by atoms with Crippen LogP contribution in [0.15, 0.2) is 47.6 Å². The fourth-order valence-electron chi connectivity index (χ4n) is 2.40. The Kier molecular flexibility index (Phi) is 6.93. The maximum absolute atomic E-state index is 11.9. The number of carboxylic acids is 1. The number of methoxy groups -OCH3 is 1. The molecule has 0 radical (unpaired) electrons. The van der Waals surface area contributed by atoms with E-state index >= 15 is 0 Å². The van der Waals surface area contributed by atoms with Gasteiger partial charge in [-0.15, -0.1) is 0 Å². The van der Waals surface area contributed by atoms with Gasteiger partial charge in [-0.05, 0) is 55.3 Å². The van der Waals surface area contributed by atoms with Crippen LogP contribution >= 0.6 is 0 Å². The maximum Gasteiger partial charge on any atom is 0.307 e. The molecule has 0 aromatic heterocycles. The Bertz CT molecular complexity index is 861. The minimum atomic E-state index is -0.957. The lowest BCUT2D eigenvalue weighted by Crippen LogP contribution is -2.25. The molecule has 0 aliphatic heterocycles. The summed E-state index contributed by atoms with van der Waals surface area (Å²) in [7, 11) is 1.48. The molecule has 0 fully saturated rings. The second-order valence-electron chi connectivity index (χ2n) is 5.93. The number of rotatable bonds is 8. The van der Waals surface area contributed by atoms with Crippen molar-refractivity contribution in [3.63, 3.8) is 0 Å². The summed E-state index contributed by atoms with van der Waals surface area (Å²) in [4.78, 5) is 22.9. The van der Waals surface area contributed by atoms with Crippen LogP contribution in [0.3, 0.4) is 0 Å². The number of aliphatic carboxylic acids is 1. The van der Waals surface area contributed by atoms with Crippen molar-refractivity contribution in [1.29, 1.82) is 0 Å². The topological polar surface area (TPSA) is 97.2 Å². The van der Waals surface area contributed by atoms with Crippen LogP contribution in [0.25, 0.3) is 0 Å². The van der Waals surface area contributed by atoms with Gasteiger partial charge >= 0.3 is 5.97 Å². The van der Waals surface area contributed by atoms with Gasteiger partial charge in [0.05, 0.1) is 19.2 Å². The number of ether oxygens (including phenoxy) is 2. The number of benzene rings is 2. The molecule has 0 bridgehead atoms. The molecule has 0 aliphatic carbocycles. The van der Waals surface area contributed by atoms with Gasteiger partial charge in [0, 0.05) is 5.56 Å². The van der Waals surface area contributed by atoms with Crippen molar-refractivity contribution in [3.05, 3.63) is 59.2 Å². The minimum Gasteiger partial charge on any atom is -0.496 e. The summed E-state index contributed by atoms with van der Waals surface area (Å²) < 4.78 is 10.6.